The Morgan fingerprint density at radius 3 is 2.69 bits per heavy atom. The molecule has 0 aliphatic heterocycles. The Kier molecular flexibility index (Phi) is 3.58. The number of aliphatic hydroxyl groups excluding tert-OH is 1. The van der Waals surface area contributed by atoms with Gasteiger partial charge in [0.1, 0.15) is 5.75 Å². The molecule has 3 heteroatoms. The van der Waals surface area contributed by atoms with Gasteiger partial charge >= 0.3 is 0 Å². The number of rotatable bonds is 3. The smallest absolute Gasteiger partial charge is 0.123 e. The van der Waals surface area contributed by atoms with Crippen molar-refractivity contribution in [1.29, 1.82) is 0 Å². The van der Waals surface area contributed by atoms with E-state index in [1.54, 1.807) is 13.2 Å². The van der Waals surface area contributed by atoms with Crippen molar-refractivity contribution in [3.8, 4) is 5.75 Å². The lowest BCUT2D eigenvalue weighted by Crippen LogP contribution is -1.97. The Morgan fingerprint density at radius 2 is 2.15 bits per heavy atom. The molecule has 0 aliphatic rings. The number of hydrogen-bond acceptors (Lipinski definition) is 2. The molecule has 0 heterocycles. The van der Waals surface area contributed by atoms with E-state index in [2.05, 4.69) is 0 Å². The van der Waals surface area contributed by atoms with Crippen molar-refractivity contribution in [2.75, 3.05) is 13.7 Å². The standard InChI is InChI=1S/C10H13ClO2/c1-7-8(3-4-12)5-9(11)6-10(7)13-2/h5-6,12H,3-4H2,1-2H3. The molecule has 1 rings (SSSR count). The van der Waals surface area contributed by atoms with Crippen LogP contribution < -0.4 is 4.74 Å². The third kappa shape index (κ3) is 2.36. The van der Waals surface area contributed by atoms with Gasteiger partial charge in [-0.05, 0) is 36.6 Å². The number of halogens is 1. The molecule has 0 saturated carbocycles. The Bertz CT molecular complexity index is 297. The van der Waals surface area contributed by atoms with Crippen LogP contribution in [0.15, 0.2) is 12.1 Å². The SMILES string of the molecule is COc1cc(Cl)cc(CCO)c1C. The predicted octanol–water partition coefficient (Wildman–Crippen LogP) is 2.19. The normalized spacial score (nSPS) is 10.2. The van der Waals surface area contributed by atoms with E-state index in [0.717, 1.165) is 16.9 Å². The summed E-state index contributed by atoms with van der Waals surface area (Å²) in [4.78, 5) is 0. The zero-order chi connectivity index (χ0) is 9.84. The summed E-state index contributed by atoms with van der Waals surface area (Å²) < 4.78 is 5.15. The lowest BCUT2D eigenvalue weighted by Gasteiger charge is -2.10. The van der Waals surface area contributed by atoms with Crippen molar-refractivity contribution in [3.05, 3.63) is 28.3 Å². The van der Waals surface area contributed by atoms with Crippen LogP contribution in [0.5, 0.6) is 5.75 Å². The van der Waals surface area contributed by atoms with Gasteiger partial charge in [0, 0.05) is 11.6 Å². The van der Waals surface area contributed by atoms with E-state index < -0.39 is 0 Å². The van der Waals surface area contributed by atoms with Crippen molar-refractivity contribution in [3.63, 3.8) is 0 Å². The monoisotopic (exact) mass is 200 g/mol. The first-order chi connectivity index (χ1) is 6.19. The average molecular weight is 201 g/mol. The number of methoxy groups -OCH3 is 1. The number of benzene rings is 1. The summed E-state index contributed by atoms with van der Waals surface area (Å²) in [6, 6.07) is 3.63. The van der Waals surface area contributed by atoms with Gasteiger partial charge in [0.15, 0.2) is 0 Å². The highest BCUT2D eigenvalue weighted by molar-refractivity contribution is 6.30. The summed E-state index contributed by atoms with van der Waals surface area (Å²) in [7, 11) is 1.61. The molecule has 0 fully saturated rings. The van der Waals surface area contributed by atoms with E-state index >= 15 is 0 Å². The first kappa shape index (κ1) is 10.4. The second-order valence-electron chi connectivity index (χ2n) is 2.87. The van der Waals surface area contributed by atoms with Crippen LogP contribution in [0.4, 0.5) is 0 Å². The van der Waals surface area contributed by atoms with E-state index in [9.17, 15) is 0 Å². The predicted molar refractivity (Wildman–Crippen MR) is 53.5 cm³/mol. The minimum absolute atomic E-state index is 0.129. The van der Waals surface area contributed by atoms with Gasteiger partial charge < -0.3 is 9.84 Å². The molecule has 1 aromatic carbocycles. The number of ether oxygens (including phenoxy) is 1. The van der Waals surface area contributed by atoms with Gasteiger partial charge in [-0.15, -0.1) is 0 Å². The molecule has 1 N–H and O–H groups in total. The molecule has 72 valence electrons. The lowest BCUT2D eigenvalue weighted by molar-refractivity contribution is 0.299. The van der Waals surface area contributed by atoms with E-state index in [0.29, 0.717) is 11.4 Å². The first-order valence-corrected chi connectivity index (χ1v) is 4.50. The van der Waals surface area contributed by atoms with Crippen molar-refractivity contribution in [2.24, 2.45) is 0 Å². The summed E-state index contributed by atoms with van der Waals surface area (Å²) >= 11 is 5.87. The molecule has 0 radical (unpaired) electrons. The van der Waals surface area contributed by atoms with Crippen LogP contribution in [-0.4, -0.2) is 18.8 Å². The maximum absolute atomic E-state index is 8.81. The molecule has 13 heavy (non-hydrogen) atoms. The van der Waals surface area contributed by atoms with E-state index in [1.807, 2.05) is 13.0 Å². The van der Waals surface area contributed by atoms with Gasteiger partial charge in [-0.3, -0.25) is 0 Å². The molecule has 0 aromatic heterocycles. The van der Waals surface area contributed by atoms with Gasteiger partial charge in [0.25, 0.3) is 0 Å². The fourth-order valence-corrected chi connectivity index (χ4v) is 1.53. The summed E-state index contributed by atoms with van der Waals surface area (Å²) in [5, 5.41) is 9.46. The van der Waals surface area contributed by atoms with Crippen LogP contribution in [0.2, 0.25) is 5.02 Å². The molecule has 0 spiro atoms. The second-order valence-corrected chi connectivity index (χ2v) is 3.30. The van der Waals surface area contributed by atoms with E-state index in [4.69, 9.17) is 21.4 Å². The largest absolute Gasteiger partial charge is 0.496 e. The van der Waals surface area contributed by atoms with Gasteiger partial charge in [-0.2, -0.15) is 0 Å². The second kappa shape index (κ2) is 4.49. The summed E-state index contributed by atoms with van der Waals surface area (Å²) in [5.41, 5.74) is 2.08. The highest BCUT2D eigenvalue weighted by Gasteiger charge is 2.05. The molecule has 0 aliphatic carbocycles. The average Bonchev–Trinajstić information content (AvgIpc) is 2.11. The molecule has 2 nitrogen and oxygen atoms in total. The Balaban J connectivity index is 3.11. The topological polar surface area (TPSA) is 29.5 Å². The van der Waals surface area contributed by atoms with Gasteiger partial charge in [-0.25, -0.2) is 0 Å². The van der Waals surface area contributed by atoms with Crippen molar-refractivity contribution >= 4 is 11.6 Å². The molecular formula is C10H13ClO2. The van der Waals surface area contributed by atoms with E-state index in [1.165, 1.54) is 0 Å². The zero-order valence-corrected chi connectivity index (χ0v) is 8.56. The molecule has 0 amide bonds. The maximum atomic E-state index is 8.81. The Morgan fingerprint density at radius 1 is 1.46 bits per heavy atom. The van der Waals surface area contributed by atoms with E-state index in [-0.39, 0.29) is 6.61 Å². The number of hydrogen-bond donors (Lipinski definition) is 1. The third-order valence-corrected chi connectivity index (χ3v) is 2.25. The molecule has 0 atom stereocenters. The summed E-state index contributed by atoms with van der Waals surface area (Å²) in [6.07, 6.45) is 0.614. The Hall–Kier alpha value is -0.730. The van der Waals surface area contributed by atoms with Crippen LogP contribution in [0.1, 0.15) is 11.1 Å². The van der Waals surface area contributed by atoms with Crippen molar-refractivity contribution in [1.82, 2.24) is 0 Å². The molecular weight excluding hydrogens is 188 g/mol. The molecule has 1 aromatic rings. The summed E-state index contributed by atoms with van der Waals surface area (Å²) in [6.45, 7) is 2.09. The van der Waals surface area contributed by atoms with Gasteiger partial charge in [0.05, 0.1) is 7.11 Å². The summed E-state index contributed by atoms with van der Waals surface area (Å²) in [5.74, 6) is 0.774. The highest BCUT2D eigenvalue weighted by atomic mass is 35.5. The fraction of sp³-hybridized carbons (Fsp3) is 0.400. The van der Waals surface area contributed by atoms with Crippen LogP contribution in [0.3, 0.4) is 0 Å². The first-order valence-electron chi connectivity index (χ1n) is 4.13. The maximum Gasteiger partial charge on any atom is 0.123 e. The fourth-order valence-electron chi connectivity index (χ4n) is 1.30. The molecule has 0 unspecified atom stereocenters. The van der Waals surface area contributed by atoms with Crippen molar-refractivity contribution < 1.29 is 9.84 Å². The minimum atomic E-state index is 0.129. The number of aliphatic hydroxyl groups is 1. The van der Waals surface area contributed by atoms with Gasteiger partial charge in [-0.1, -0.05) is 11.6 Å². The van der Waals surface area contributed by atoms with Crippen molar-refractivity contribution in [2.45, 2.75) is 13.3 Å². The Labute approximate surface area is 83.1 Å². The third-order valence-electron chi connectivity index (χ3n) is 2.03. The highest BCUT2D eigenvalue weighted by Crippen LogP contribution is 2.26. The quantitative estimate of drug-likeness (QED) is 0.811. The van der Waals surface area contributed by atoms with Crippen LogP contribution in [-0.2, 0) is 6.42 Å². The zero-order valence-electron chi connectivity index (χ0n) is 7.80. The lowest BCUT2D eigenvalue weighted by atomic mass is 10.1. The van der Waals surface area contributed by atoms with Crippen LogP contribution in [0.25, 0.3) is 0 Å². The molecule has 0 saturated heterocycles. The van der Waals surface area contributed by atoms with Crippen LogP contribution in [0, 0.1) is 6.92 Å². The van der Waals surface area contributed by atoms with Gasteiger partial charge in [0.2, 0.25) is 0 Å². The molecule has 0 bridgehead atoms. The minimum Gasteiger partial charge on any atom is -0.496 e. The van der Waals surface area contributed by atoms with Crippen LogP contribution >= 0.6 is 11.6 Å².